The first-order valence-electron chi connectivity index (χ1n) is 5.81. The van der Waals surface area contributed by atoms with Gasteiger partial charge in [-0.15, -0.1) is 0 Å². The molecule has 1 N–H and O–H groups in total. The van der Waals surface area contributed by atoms with Crippen LogP contribution in [0.2, 0.25) is 0 Å². The number of benzene rings is 1. The van der Waals surface area contributed by atoms with Gasteiger partial charge in [0, 0.05) is 0 Å². The van der Waals surface area contributed by atoms with Crippen LogP contribution in [0.15, 0.2) is 30.3 Å². The van der Waals surface area contributed by atoms with Crippen molar-refractivity contribution in [1.29, 1.82) is 0 Å². The SMILES string of the molecule is CCOc1ccc(/C(=C/CC(=O)O)CC)cc1. The molecular weight excluding hydrogens is 216 g/mol. The molecule has 0 aromatic heterocycles. The average Bonchev–Trinajstić information content (AvgIpc) is 2.32. The minimum absolute atomic E-state index is 0.0659. The van der Waals surface area contributed by atoms with Gasteiger partial charge in [-0.25, -0.2) is 0 Å². The van der Waals surface area contributed by atoms with E-state index in [1.807, 2.05) is 38.1 Å². The number of aliphatic carboxylic acids is 1. The van der Waals surface area contributed by atoms with E-state index >= 15 is 0 Å². The molecule has 1 aromatic carbocycles. The lowest BCUT2D eigenvalue weighted by molar-refractivity contribution is -0.135. The lowest BCUT2D eigenvalue weighted by Crippen LogP contribution is -1.93. The normalized spacial score (nSPS) is 11.3. The molecule has 0 aliphatic carbocycles. The largest absolute Gasteiger partial charge is 0.494 e. The molecule has 0 amide bonds. The fourth-order valence-electron chi connectivity index (χ4n) is 1.61. The molecule has 0 atom stereocenters. The van der Waals surface area contributed by atoms with Gasteiger partial charge in [0.25, 0.3) is 0 Å². The summed E-state index contributed by atoms with van der Waals surface area (Å²) in [4.78, 5) is 10.5. The van der Waals surface area contributed by atoms with Crippen LogP contribution in [0.5, 0.6) is 5.75 Å². The standard InChI is InChI=1S/C14H18O3/c1-3-11(7-10-14(15)16)12-5-8-13(9-6-12)17-4-2/h5-9H,3-4,10H2,1-2H3,(H,15,16)/b11-7+. The Bertz CT molecular complexity index is 390. The van der Waals surface area contributed by atoms with Crippen molar-refractivity contribution in [2.75, 3.05) is 6.61 Å². The van der Waals surface area contributed by atoms with E-state index in [-0.39, 0.29) is 6.42 Å². The molecule has 0 saturated heterocycles. The van der Waals surface area contributed by atoms with E-state index in [9.17, 15) is 4.79 Å². The number of carboxylic acids is 1. The number of ether oxygens (including phenoxy) is 1. The topological polar surface area (TPSA) is 46.5 Å². The maximum atomic E-state index is 10.5. The van der Waals surface area contributed by atoms with Crippen molar-refractivity contribution < 1.29 is 14.6 Å². The number of rotatable bonds is 6. The molecule has 0 aliphatic rings. The highest BCUT2D eigenvalue weighted by Crippen LogP contribution is 2.21. The Morgan fingerprint density at radius 1 is 1.29 bits per heavy atom. The number of allylic oxidation sites excluding steroid dienone is 1. The summed E-state index contributed by atoms with van der Waals surface area (Å²) in [6.45, 7) is 4.61. The summed E-state index contributed by atoms with van der Waals surface area (Å²) in [6.07, 6.45) is 2.65. The van der Waals surface area contributed by atoms with Gasteiger partial charge in [0.15, 0.2) is 0 Å². The van der Waals surface area contributed by atoms with Gasteiger partial charge in [-0.2, -0.15) is 0 Å². The first-order valence-corrected chi connectivity index (χ1v) is 5.81. The second-order valence-corrected chi connectivity index (χ2v) is 3.64. The zero-order chi connectivity index (χ0) is 12.7. The zero-order valence-electron chi connectivity index (χ0n) is 10.3. The van der Waals surface area contributed by atoms with E-state index in [2.05, 4.69) is 0 Å². The molecule has 17 heavy (non-hydrogen) atoms. The Morgan fingerprint density at radius 2 is 1.94 bits per heavy atom. The van der Waals surface area contributed by atoms with Crippen molar-refractivity contribution in [2.45, 2.75) is 26.7 Å². The molecule has 0 heterocycles. The van der Waals surface area contributed by atoms with Gasteiger partial charge >= 0.3 is 5.97 Å². The molecule has 3 nitrogen and oxygen atoms in total. The molecule has 1 aromatic rings. The van der Waals surface area contributed by atoms with Gasteiger partial charge in [-0.1, -0.05) is 25.1 Å². The molecule has 0 fully saturated rings. The second-order valence-electron chi connectivity index (χ2n) is 3.64. The summed E-state index contributed by atoms with van der Waals surface area (Å²) in [7, 11) is 0. The van der Waals surface area contributed by atoms with Crippen molar-refractivity contribution in [3.05, 3.63) is 35.9 Å². The van der Waals surface area contributed by atoms with Crippen LogP contribution in [-0.2, 0) is 4.79 Å². The van der Waals surface area contributed by atoms with Crippen molar-refractivity contribution in [3.63, 3.8) is 0 Å². The summed E-state index contributed by atoms with van der Waals surface area (Å²) in [5, 5.41) is 8.65. The Labute approximate surface area is 102 Å². The molecule has 0 bridgehead atoms. The molecule has 0 aliphatic heterocycles. The predicted molar refractivity (Wildman–Crippen MR) is 68.1 cm³/mol. The molecule has 0 unspecified atom stereocenters. The average molecular weight is 234 g/mol. The number of carboxylic acid groups (broad SMARTS) is 1. The molecule has 0 saturated carbocycles. The summed E-state index contributed by atoms with van der Waals surface area (Å²) >= 11 is 0. The summed E-state index contributed by atoms with van der Waals surface area (Å²) in [6, 6.07) is 7.73. The van der Waals surface area contributed by atoms with Gasteiger partial charge in [0.2, 0.25) is 0 Å². The third-order valence-electron chi connectivity index (χ3n) is 2.44. The zero-order valence-corrected chi connectivity index (χ0v) is 10.3. The Hall–Kier alpha value is -1.77. The van der Waals surface area contributed by atoms with Gasteiger partial charge in [-0.05, 0) is 36.6 Å². The molecular formula is C14H18O3. The first kappa shape index (κ1) is 13.3. The minimum Gasteiger partial charge on any atom is -0.494 e. The third-order valence-corrected chi connectivity index (χ3v) is 2.44. The fourth-order valence-corrected chi connectivity index (χ4v) is 1.61. The highest BCUT2D eigenvalue weighted by atomic mass is 16.5. The van der Waals surface area contributed by atoms with Crippen LogP contribution in [0, 0.1) is 0 Å². The van der Waals surface area contributed by atoms with Crippen LogP contribution in [0.4, 0.5) is 0 Å². The van der Waals surface area contributed by atoms with E-state index in [0.717, 1.165) is 23.3 Å². The lowest BCUT2D eigenvalue weighted by Gasteiger charge is -2.07. The summed E-state index contributed by atoms with van der Waals surface area (Å²) < 4.78 is 5.36. The number of hydrogen-bond acceptors (Lipinski definition) is 2. The van der Waals surface area contributed by atoms with Gasteiger partial charge in [-0.3, -0.25) is 4.79 Å². The van der Waals surface area contributed by atoms with Crippen LogP contribution in [0.3, 0.4) is 0 Å². The molecule has 92 valence electrons. The third kappa shape index (κ3) is 4.31. The van der Waals surface area contributed by atoms with Gasteiger partial charge < -0.3 is 9.84 Å². The van der Waals surface area contributed by atoms with E-state index in [4.69, 9.17) is 9.84 Å². The van der Waals surface area contributed by atoms with Crippen LogP contribution in [0.25, 0.3) is 5.57 Å². The molecule has 1 rings (SSSR count). The highest BCUT2D eigenvalue weighted by molar-refractivity contribution is 5.74. The van der Waals surface area contributed by atoms with Gasteiger partial charge in [0.1, 0.15) is 5.75 Å². The lowest BCUT2D eigenvalue weighted by atomic mass is 10.0. The van der Waals surface area contributed by atoms with E-state index < -0.39 is 5.97 Å². The number of carbonyl (C=O) groups is 1. The first-order chi connectivity index (χ1) is 8.17. The van der Waals surface area contributed by atoms with Crippen LogP contribution in [0.1, 0.15) is 32.3 Å². The maximum Gasteiger partial charge on any atom is 0.307 e. The smallest absolute Gasteiger partial charge is 0.307 e. The van der Waals surface area contributed by atoms with Crippen LogP contribution >= 0.6 is 0 Å². The molecule has 3 heteroatoms. The quantitative estimate of drug-likeness (QED) is 0.821. The monoisotopic (exact) mass is 234 g/mol. The molecule has 0 spiro atoms. The minimum atomic E-state index is -0.804. The van der Waals surface area contributed by atoms with Crippen molar-refractivity contribution in [1.82, 2.24) is 0 Å². The van der Waals surface area contributed by atoms with E-state index in [1.54, 1.807) is 6.08 Å². The van der Waals surface area contributed by atoms with Crippen molar-refractivity contribution in [3.8, 4) is 5.75 Å². The second kappa shape index (κ2) is 6.74. The predicted octanol–water partition coefficient (Wildman–Crippen LogP) is 3.35. The van der Waals surface area contributed by atoms with Crippen molar-refractivity contribution in [2.24, 2.45) is 0 Å². The van der Waals surface area contributed by atoms with E-state index in [1.165, 1.54) is 0 Å². The molecule has 0 radical (unpaired) electrons. The van der Waals surface area contributed by atoms with Crippen LogP contribution < -0.4 is 4.74 Å². The van der Waals surface area contributed by atoms with Gasteiger partial charge in [0.05, 0.1) is 13.0 Å². The Balaban J connectivity index is 2.81. The van der Waals surface area contributed by atoms with Crippen LogP contribution in [-0.4, -0.2) is 17.7 Å². The van der Waals surface area contributed by atoms with Crippen molar-refractivity contribution >= 4 is 11.5 Å². The summed E-state index contributed by atoms with van der Waals surface area (Å²) in [5.41, 5.74) is 2.10. The Kier molecular flexibility index (Phi) is 5.27. The summed E-state index contributed by atoms with van der Waals surface area (Å²) in [5.74, 6) is 0.0341. The maximum absolute atomic E-state index is 10.5. The number of hydrogen-bond donors (Lipinski definition) is 1. The van der Waals surface area contributed by atoms with E-state index in [0.29, 0.717) is 6.61 Å². The highest BCUT2D eigenvalue weighted by Gasteiger charge is 2.01. The fraction of sp³-hybridized carbons (Fsp3) is 0.357. The Morgan fingerprint density at radius 3 is 2.41 bits per heavy atom.